The van der Waals surface area contributed by atoms with Gasteiger partial charge in [0.1, 0.15) is 5.82 Å². The number of nitrogens with zero attached hydrogens (tertiary/aromatic N) is 2. The summed E-state index contributed by atoms with van der Waals surface area (Å²) in [5.74, 6) is -0.601. The van der Waals surface area contributed by atoms with Crippen LogP contribution >= 0.6 is 0 Å². The minimum atomic E-state index is -1.05. The van der Waals surface area contributed by atoms with Crippen molar-refractivity contribution >= 4 is 17.5 Å². The van der Waals surface area contributed by atoms with Crippen LogP contribution in [0.2, 0.25) is 0 Å². The Morgan fingerprint density at radius 2 is 2.22 bits per heavy atom. The first kappa shape index (κ1) is 11.8. The number of carboxylic acids is 1. The van der Waals surface area contributed by atoms with E-state index in [0.29, 0.717) is 18.1 Å². The largest absolute Gasteiger partial charge is 0.478 e. The van der Waals surface area contributed by atoms with E-state index in [-0.39, 0.29) is 5.56 Å². The van der Waals surface area contributed by atoms with E-state index < -0.39 is 5.97 Å². The summed E-state index contributed by atoms with van der Waals surface area (Å²) in [6.07, 6.45) is 2.96. The molecule has 0 saturated carbocycles. The van der Waals surface area contributed by atoms with Crippen LogP contribution in [0.5, 0.6) is 0 Å². The molecule has 0 aliphatic rings. The molecule has 0 spiro atoms. The van der Waals surface area contributed by atoms with Gasteiger partial charge in [0.05, 0.1) is 23.5 Å². The number of nitrogens with one attached hydrogen (secondary N) is 1. The van der Waals surface area contributed by atoms with Crippen LogP contribution in [0.3, 0.4) is 0 Å². The van der Waals surface area contributed by atoms with Crippen LogP contribution in [-0.2, 0) is 6.54 Å². The highest BCUT2D eigenvalue weighted by molar-refractivity contribution is 5.89. The molecule has 92 valence electrons. The minimum absolute atomic E-state index is 0.0656. The van der Waals surface area contributed by atoms with Crippen LogP contribution in [-0.4, -0.2) is 21.0 Å². The average molecular weight is 244 g/mol. The van der Waals surface area contributed by atoms with Crippen molar-refractivity contribution < 1.29 is 9.90 Å². The number of hydrogen-bond donors (Lipinski definition) is 3. The molecule has 6 nitrogen and oxygen atoms in total. The van der Waals surface area contributed by atoms with Crippen LogP contribution in [0.25, 0.3) is 0 Å². The fourth-order valence-corrected chi connectivity index (χ4v) is 1.42. The number of aromatic carboxylic acids is 1. The van der Waals surface area contributed by atoms with Crippen molar-refractivity contribution in [2.24, 2.45) is 0 Å². The first-order chi connectivity index (χ1) is 8.66. The third-order valence-corrected chi connectivity index (χ3v) is 2.33. The van der Waals surface area contributed by atoms with E-state index in [4.69, 9.17) is 10.8 Å². The van der Waals surface area contributed by atoms with Crippen LogP contribution in [0, 0.1) is 0 Å². The first-order valence-electron chi connectivity index (χ1n) is 5.29. The van der Waals surface area contributed by atoms with Crippen LogP contribution in [0.4, 0.5) is 11.5 Å². The Hall–Kier alpha value is -2.63. The normalized spacial score (nSPS) is 10.0. The number of pyridine rings is 2. The van der Waals surface area contributed by atoms with Crippen molar-refractivity contribution in [3.8, 4) is 0 Å². The van der Waals surface area contributed by atoms with E-state index >= 15 is 0 Å². The SMILES string of the molecule is Nc1cc(C(=O)O)cnc1NCc1ccccn1. The molecule has 0 atom stereocenters. The van der Waals surface area contributed by atoms with E-state index in [9.17, 15) is 4.79 Å². The third kappa shape index (κ3) is 2.73. The Balaban J connectivity index is 2.08. The maximum Gasteiger partial charge on any atom is 0.337 e. The fraction of sp³-hybridized carbons (Fsp3) is 0.0833. The van der Waals surface area contributed by atoms with Gasteiger partial charge in [-0.15, -0.1) is 0 Å². The first-order valence-corrected chi connectivity index (χ1v) is 5.29. The Kier molecular flexibility index (Phi) is 3.38. The summed E-state index contributed by atoms with van der Waals surface area (Å²) >= 11 is 0. The van der Waals surface area contributed by atoms with Gasteiger partial charge in [0, 0.05) is 12.4 Å². The van der Waals surface area contributed by atoms with Crippen LogP contribution < -0.4 is 11.1 Å². The molecule has 0 radical (unpaired) electrons. The van der Waals surface area contributed by atoms with Crippen molar-refractivity contribution in [2.45, 2.75) is 6.54 Å². The lowest BCUT2D eigenvalue weighted by molar-refractivity contribution is 0.0696. The van der Waals surface area contributed by atoms with Gasteiger partial charge in [0.15, 0.2) is 0 Å². The van der Waals surface area contributed by atoms with E-state index in [1.54, 1.807) is 6.20 Å². The summed E-state index contributed by atoms with van der Waals surface area (Å²) in [7, 11) is 0. The molecule has 6 heteroatoms. The highest BCUT2D eigenvalue weighted by atomic mass is 16.4. The summed E-state index contributed by atoms with van der Waals surface area (Å²) in [6.45, 7) is 0.477. The standard InChI is InChI=1S/C12H12N4O2/c13-10-5-8(12(17)18)6-15-11(10)16-7-9-3-1-2-4-14-9/h1-6H,7,13H2,(H,15,16)(H,17,18). The summed E-state index contributed by atoms with van der Waals surface area (Å²) < 4.78 is 0. The van der Waals surface area contributed by atoms with E-state index in [1.807, 2.05) is 18.2 Å². The molecule has 0 saturated heterocycles. The molecule has 2 rings (SSSR count). The minimum Gasteiger partial charge on any atom is -0.478 e. The van der Waals surface area contributed by atoms with Gasteiger partial charge < -0.3 is 16.2 Å². The van der Waals surface area contributed by atoms with Crippen LogP contribution in [0.15, 0.2) is 36.7 Å². The second-order valence-electron chi connectivity index (χ2n) is 3.64. The Labute approximate surface area is 104 Å². The number of anilines is 2. The van der Waals surface area contributed by atoms with E-state index in [1.165, 1.54) is 12.3 Å². The molecule has 2 heterocycles. The second-order valence-corrected chi connectivity index (χ2v) is 3.64. The number of carbonyl (C=O) groups is 1. The predicted octanol–water partition coefficient (Wildman–Crippen LogP) is 1.37. The summed E-state index contributed by atoms with van der Waals surface area (Å²) in [6, 6.07) is 6.96. The van der Waals surface area contributed by atoms with Crippen molar-refractivity contribution in [3.05, 3.63) is 47.9 Å². The van der Waals surface area contributed by atoms with Gasteiger partial charge in [-0.1, -0.05) is 6.07 Å². The molecular weight excluding hydrogens is 232 g/mol. The lowest BCUT2D eigenvalue weighted by Crippen LogP contribution is -2.07. The number of rotatable bonds is 4. The van der Waals surface area contributed by atoms with E-state index in [0.717, 1.165) is 5.69 Å². The van der Waals surface area contributed by atoms with Gasteiger partial charge in [-0.05, 0) is 18.2 Å². The molecule has 0 amide bonds. The zero-order valence-electron chi connectivity index (χ0n) is 9.50. The van der Waals surface area contributed by atoms with Crippen molar-refractivity contribution in [1.82, 2.24) is 9.97 Å². The molecule has 0 fully saturated rings. The quantitative estimate of drug-likeness (QED) is 0.750. The lowest BCUT2D eigenvalue weighted by atomic mass is 10.2. The molecule has 0 aromatic carbocycles. The Morgan fingerprint density at radius 1 is 1.39 bits per heavy atom. The smallest absolute Gasteiger partial charge is 0.337 e. The lowest BCUT2D eigenvalue weighted by Gasteiger charge is -2.08. The maximum atomic E-state index is 10.7. The Bertz CT molecular complexity index is 557. The van der Waals surface area contributed by atoms with Gasteiger partial charge in [-0.2, -0.15) is 0 Å². The zero-order chi connectivity index (χ0) is 13.0. The van der Waals surface area contributed by atoms with E-state index in [2.05, 4.69) is 15.3 Å². The maximum absolute atomic E-state index is 10.7. The molecule has 4 N–H and O–H groups in total. The zero-order valence-corrected chi connectivity index (χ0v) is 9.50. The number of carboxylic acid groups (broad SMARTS) is 1. The highest BCUT2D eigenvalue weighted by Gasteiger charge is 2.07. The van der Waals surface area contributed by atoms with Gasteiger partial charge in [-0.3, -0.25) is 4.98 Å². The molecular formula is C12H12N4O2. The summed E-state index contributed by atoms with van der Waals surface area (Å²) in [4.78, 5) is 18.8. The molecule has 0 bridgehead atoms. The fourth-order valence-electron chi connectivity index (χ4n) is 1.42. The molecule has 2 aromatic heterocycles. The highest BCUT2D eigenvalue weighted by Crippen LogP contribution is 2.16. The number of nitrogen functional groups attached to an aromatic ring is 1. The molecule has 0 aliphatic heterocycles. The third-order valence-electron chi connectivity index (χ3n) is 2.33. The van der Waals surface area contributed by atoms with Crippen molar-refractivity contribution in [2.75, 3.05) is 11.1 Å². The van der Waals surface area contributed by atoms with Crippen molar-refractivity contribution in [1.29, 1.82) is 0 Å². The molecule has 2 aromatic rings. The van der Waals surface area contributed by atoms with Crippen LogP contribution in [0.1, 0.15) is 16.1 Å². The molecule has 0 aliphatic carbocycles. The Morgan fingerprint density at radius 3 is 2.83 bits per heavy atom. The molecule has 18 heavy (non-hydrogen) atoms. The molecule has 0 unspecified atom stereocenters. The van der Waals surface area contributed by atoms with Gasteiger partial charge in [-0.25, -0.2) is 9.78 Å². The second kappa shape index (κ2) is 5.13. The average Bonchev–Trinajstić information content (AvgIpc) is 2.38. The number of nitrogens with two attached hydrogens (primary N) is 1. The van der Waals surface area contributed by atoms with Crippen molar-refractivity contribution in [3.63, 3.8) is 0 Å². The topological polar surface area (TPSA) is 101 Å². The number of aromatic nitrogens is 2. The number of hydrogen-bond acceptors (Lipinski definition) is 5. The van der Waals surface area contributed by atoms with Gasteiger partial charge in [0.25, 0.3) is 0 Å². The monoisotopic (exact) mass is 244 g/mol. The van der Waals surface area contributed by atoms with Gasteiger partial charge in [0.2, 0.25) is 0 Å². The summed E-state index contributed by atoms with van der Waals surface area (Å²) in [5, 5.41) is 11.8. The summed E-state index contributed by atoms with van der Waals surface area (Å²) in [5.41, 5.74) is 6.93. The predicted molar refractivity (Wildman–Crippen MR) is 67.2 cm³/mol. The van der Waals surface area contributed by atoms with Gasteiger partial charge >= 0.3 is 5.97 Å².